The van der Waals surface area contributed by atoms with Crippen molar-refractivity contribution in [2.45, 2.75) is 20.0 Å². The summed E-state index contributed by atoms with van der Waals surface area (Å²) in [7, 11) is -2.05. The van der Waals surface area contributed by atoms with Crippen molar-refractivity contribution in [1.29, 1.82) is 0 Å². The third-order valence-electron chi connectivity index (χ3n) is 2.54. The molecule has 118 valence electrons. The fourth-order valence-electron chi connectivity index (χ4n) is 1.62. The molecule has 0 unspecified atom stereocenters. The van der Waals surface area contributed by atoms with Gasteiger partial charge in [-0.3, -0.25) is 10.1 Å². The monoisotopic (exact) mass is 317 g/mol. The number of benzene rings is 1. The summed E-state index contributed by atoms with van der Waals surface area (Å²) < 4.78 is 30.2. The van der Waals surface area contributed by atoms with Crippen molar-refractivity contribution in [3.05, 3.63) is 28.3 Å². The van der Waals surface area contributed by atoms with Crippen LogP contribution in [0.2, 0.25) is 0 Å². The molecule has 0 amide bonds. The third-order valence-corrected chi connectivity index (χ3v) is 3.91. The van der Waals surface area contributed by atoms with E-state index < -0.39 is 14.9 Å². The van der Waals surface area contributed by atoms with Crippen LogP contribution in [0.5, 0.6) is 5.75 Å². The van der Waals surface area contributed by atoms with Gasteiger partial charge in [-0.15, -0.1) is 0 Å². The highest BCUT2D eigenvalue weighted by atomic mass is 32.2. The van der Waals surface area contributed by atoms with E-state index in [0.717, 1.165) is 0 Å². The van der Waals surface area contributed by atoms with E-state index in [-0.39, 0.29) is 35.5 Å². The number of ether oxygens (including phenoxy) is 1. The normalized spacial score (nSPS) is 11.4. The second kappa shape index (κ2) is 7.23. The Morgan fingerprint density at radius 3 is 2.57 bits per heavy atom. The number of hydrogen-bond donors (Lipinski definition) is 2. The Morgan fingerprint density at radius 2 is 2.05 bits per heavy atom. The summed E-state index contributed by atoms with van der Waals surface area (Å²) in [5.74, 6) is -0.0351. The van der Waals surface area contributed by atoms with Crippen molar-refractivity contribution in [1.82, 2.24) is 4.72 Å². The van der Waals surface area contributed by atoms with Gasteiger partial charge in [0.15, 0.2) is 5.75 Å². The first kappa shape index (κ1) is 17.2. The lowest BCUT2D eigenvalue weighted by Crippen LogP contribution is -2.26. The van der Waals surface area contributed by atoms with Crippen molar-refractivity contribution in [3.63, 3.8) is 0 Å². The second-order valence-electron chi connectivity index (χ2n) is 4.53. The molecule has 0 saturated heterocycles. The number of nitro groups is 1. The molecular formula is C12H19N3O5S. The molecule has 9 heteroatoms. The zero-order chi connectivity index (χ0) is 16.0. The molecular weight excluding hydrogens is 298 g/mol. The lowest BCUT2D eigenvalue weighted by Gasteiger charge is -2.13. The molecule has 1 rings (SSSR count). The van der Waals surface area contributed by atoms with Crippen LogP contribution in [0.1, 0.15) is 13.8 Å². The highest BCUT2D eigenvalue weighted by Crippen LogP contribution is 2.35. The largest absolute Gasteiger partial charge is 0.484 e. The maximum absolute atomic E-state index is 11.3. The van der Waals surface area contributed by atoms with Gasteiger partial charge < -0.3 is 10.1 Å². The van der Waals surface area contributed by atoms with Crippen LogP contribution in [0.3, 0.4) is 0 Å². The van der Waals surface area contributed by atoms with E-state index in [4.69, 9.17) is 4.74 Å². The molecule has 21 heavy (non-hydrogen) atoms. The van der Waals surface area contributed by atoms with Crippen LogP contribution >= 0.6 is 0 Å². The van der Waals surface area contributed by atoms with Crippen LogP contribution in [0.25, 0.3) is 0 Å². The van der Waals surface area contributed by atoms with Crippen LogP contribution in [0.15, 0.2) is 18.2 Å². The minimum absolute atomic E-state index is 0.0507. The smallest absolute Gasteiger partial charge is 0.333 e. The standard InChI is InChI=1S/C12H19N3O5S/c1-9(2)20-11-6-4-5-10(12(11)15(16)17)14-7-8-21(18,19)13-3/h4-6,9,13-14H,7-8H2,1-3H3. The summed E-state index contributed by atoms with van der Waals surface area (Å²) in [5.41, 5.74) is 0.0255. The number of para-hydroxylation sites is 1. The molecule has 0 aromatic heterocycles. The average molecular weight is 317 g/mol. The van der Waals surface area contributed by atoms with Gasteiger partial charge in [0, 0.05) is 6.54 Å². The van der Waals surface area contributed by atoms with Gasteiger partial charge in [-0.1, -0.05) is 6.07 Å². The number of nitro benzene ring substituents is 1. The van der Waals surface area contributed by atoms with E-state index in [1.54, 1.807) is 19.9 Å². The SMILES string of the molecule is CNS(=O)(=O)CCNc1cccc(OC(C)C)c1[N+](=O)[O-]. The van der Waals surface area contributed by atoms with Gasteiger partial charge >= 0.3 is 5.69 Å². The predicted octanol–water partition coefficient (Wildman–Crippen LogP) is 1.34. The van der Waals surface area contributed by atoms with Gasteiger partial charge in [0.2, 0.25) is 10.0 Å². The molecule has 1 aromatic carbocycles. The fraction of sp³-hybridized carbons (Fsp3) is 0.500. The van der Waals surface area contributed by atoms with Gasteiger partial charge in [0.05, 0.1) is 16.8 Å². The average Bonchev–Trinajstić information content (AvgIpc) is 2.37. The van der Waals surface area contributed by atoms with E-state index >= 15 is 0 Å². The first-order valence-corrected chi connectivity index (χ1v) is 8.01. The molecule has 0 radical (unpaired) electrons. The summed E-state index contributed by atoms with van der Waals surface area (Å²) in [6, 6.07) is 4.63. The van der Waals surface area contributed by atoms with Gasteiger partial charge in [0.1, 0.15) is 5.69 Å². The van der Waals surface area contributed by atoms with Crippen molar-refractivity contribution < 1.29 is 18.1 Å². The zero-order valence-corrected chi connectivity index (χ0v) is 12.9. The van der Waals surface area contributed by atoms with Gasteiger partial charge in [-0.2, -0.15) is 0 Å². The quantitative estimate of drug-likeness (QED) is 0.553. The van der Waals surface area contributed by atoms with Crippen molar-refractivity contribution >= 4 is 21.4 Å². The van der Waals surface area contributed by atoms with Crippen LogP contribution < -0.4 is 14.8 Å². The van der Waals surface area contributed by atoms with Crippen LogP contribution in [0.4, 0.5) is 11.4 Å². The van der Waals surface area contributed by atoms with Gasteiger partial charge in [-0.05, 0) is 33.0 Å². The molecule has 0 heterocycles. The Morgan fingerprint density at radius 1 is 1.38 bits per heavy atom. The Balaban J connectivity index is 2.94. The Bertz CT molecular complexity index is 601. The number of anilines is 1. The minimum atomic E-state index is -3.37. The predicted molar refractivity (Wildman–Crippen MR) is 80.2 cm³/mol. The van der Waals surface area contributed by atoms with E-state index in [0.29, 0.717) is 0 Å². The van der Waals surface area contributed by atoms with Crippen molar-refractivity contribution in [2.24, 2.45) is 0 Å². The molecule has 0 bridgehead atoms. The Hall–Kier alpha value is -1.87. The zero-order valence-electron chi connectivity index (χ0n) is 12.1. The van der Waals surface area contributed by atoms with Gasteiger partial charge in [-0.25, -0.2) is 13.1 Å². The number of rotatable bonds is 8. The maximum Gasteiger partial charge on any atom is 0.333 e. The minimum Gasteiger partial charge on any atom is -0.484 e. The highest BCUT2D eigenvalue weighted by molar-refractivity contribution is 7.89. The van der Waals surface area contributed by atoms with Crippen molar-refractivity contribution in [3.8, 4) is 5.75 Å². The lowest BCUT2D eigenvalue weighted by molar-refractivity contribution is -0.385. The van der Waals surface area contributed by atoms with E-state index in [1.807, 2.05) is 0 Å². The maximum atomic E-state index is 11.3. The molecule has 0 spiro atoms. The summed E-state index contributed by atoms with van der Waals surface area (Å²) in [4.78, 5) is 10.6. The molecule has 0 atom stereocenters. The molecule has 1 aromatic rings. The number of nitrogens with zero attached hydrogens (tertiary/aromatic N) is 1. The summed E-state index contributed by atoms with van der Waals surface area (Å²) in [6.07, 6.45) is -0.205. The van der Waals surface area contributed by atoms with E-state index in [2.05, 4.69) is 10.0 Å². The number of nitrogens with one attached hydrogen (secondary N) is 2. The second-order valence-corrected chi connectivity index (χ2v) is 6.57. The summed E-state index contributed by atoms with van der Waals surface area (Å²) >= 11 is 0. The van der Waals surface area contributed by atoms with E-state index in [1.165, 1.54) is 19.2 Å². The first-order chi connectivity index (χ1) is 9.76. The molecule has 8 nitrogen and oxygen atoms in total. The molecule has 0 aliphatic carbocycles. The van der Waals surface area contributed by atoms with Crippen molar-refractivity contribution in [2.75, 3.05) is 24.7 Å². The molecule has 2 N–H and O–H groups in total. The molecule has 0 fully saturated rings. The number of sulfonamides is 1. The Kier molecular flexibility index (Phi) is 5.91. The fourth-order valence-corrected chi connectivity index (χ4v) is 2.20. The topological polar surface area (TPSA) is 111 Å². The first-order valence-electron chi connectivity index (χ1n) is 6.36. The Labute approximate surface area is 123 Å². The highest BCUT2D eigenvalue weighted by Gasteiger charge is 2.21. The third kappa shape index (κ3) is 5.20. The molecule has 0 aliphatic rings. The summed E-state index contributed by atoms with van der Waals surface area (Å²) in [5, 5.41) is 14.0. The van der Waals surface area contributed by atoms with E-state index in [9.17, 15) is 18.5 Å². The van der Waals surface area contributed by atoms with Gasteiger partial charge in [0.25, 0.3) is 0 Å². The van der Waals surface area contributed by atoms with Crippen LogP contribution in [-0.4, -0.2) is 38.8 Å². The molecule has 0 saturated carbocycles. The van der Waals surface area contributed by atoms with Crippen LogP contribution in [-0.2, 0) is 10.0 Å². The lowest BCUT2D eigenvalue weighted by atomic mass is 10.2. The van der Waals surface area contributed by atoms with Crippen LogP contribution in [0, 0.1) is 10.1 Å². The number of hydrogen-bond acceptors (Lipinski definition) is 6. The molecule has 0 aliphatic heterocycles. The summed E-state index contributed by atoms with van der Waals surface area (Å²) in [6.45, 7) is 3.59.